The molecule has 1 aliphatic rings. The summed E-state index contributed by atoms with van der Waals surface area (Å²) in [5.41, 5.74) is 1.53. The van der Waals surface area contributed by atoms with Gasteiger partial charge in [0.15, 0.2) is 11.5 Å². The van der Waals surface area contributed by atoms with E-state index < -0.39 is 0 Å². The molecule has 0 fully saturated rings. The summed E-state index contributed by atoms with van der Waals surface area (Å²) >= 11 is 0. The van der Waals surface area contributed by atoms with Crippen molar-refractivity contribution in [3.8, 4) is 11.5 Å². The number of hydrogen-bond donors (Lipinski definition) is 0. The minimum atomic E-state index is -0.146. The maximum atomic E-state index is 12.5. The van der Waals surface area contributed by atoms with Crippen LogP contribution in [0.1, 0.15) is 30.6 Å². The van der Waals surface area contributed by atoms with E-state index in [2.05, 4.69) is 4.99 Å². The van der Waals surface area contributed by atoms with Gasteiger partial charge in [0.1, 0.15) is 5.49 Å². The smallest absolute Gasteiger partial charge is 0.256 e. The Bertz CT molecular complexity index is 850. The number of ether oxygens (including phenoxy) is 2. The molecule has 5 nitrogen and oxygen atoms in total. The molecular formula is C20H22N2O3. The lowest BCUT2D eigenvalue weighted by Gasteiger charge is -2.07. The van der Waals surface area contributed by atoms with E-state index in [9.17, 15) is 4.79 Å². The molecule has 0 bridgehead atoms. The van der Waals surface area contributed by atoms with Gasteiger partial charge in [-0.1, -0.05) is 12.1 Å². The maximum absolute atomic E-state index is 12.5. The lowest BCUT2D eigenvalue weighted by molar-refractivity contribution is 0.0964. The van der Waals surface area contributed by atoms with Crippen LogP contribution in [0.4, 0.5) is 0 Å². The molecule has 2 heterocycles. The summed E-state index contributed by atoms with van der Waals surface area (Å²) in [6.07, 6.45) is 5.90. The fourth-order valence-corrected chi connectivity index (χ4v) is 2.52. The molecule has 0 saturated heterocycles. The van der Waals surface area contributed by atoms with Gasteiger partial charge in [-0.2, -0.15) is 0 Å². The van der Waals surface area contributed by atoms with Crippen LogP contribution >= 0.6 is 0 Å². The number of fused-ring (bicyclic) bond motifs is 1. The van der Waals surface area contributed by atoms with Gasteiger partial charge in [-0.05, 0) is 49.8 Å². The van der Waals surface area contributed by atoms with Gasteiger partial charge >= 0.3 is 0 Å². The highest BCUT2D eigenvalue weighted by atomic mass is 16.5. The van der Waals surface area contributed by atoms with Crippen LogP contribution in [0.25, 0.3) is 6.08 Å². The van der Waals surface area contributed by atoms with E-state index >= 15 is 0 Å². The third-order valence-electron chi connectivity index (χ3n) is 3.66. The van der Waals surface area contributed by atoms with Gasteiger partial charge in [0, 0.05) is 24.7 Å². The molecule has 130 valence electrons. The van der Waals surface area contributed by atoms with Gasteiger partial charge < -0.3 is 9.47 Å². The number of carbonyl (C=O) groups is 1. The molecular weight excluding hydrogens is 316 g/mol. The van der Waals surface area contributed by atoms with Crippen molar-refractivity contribution in [3.63, 3.8) is 0 Å². The Hall–Kier alpha value is -2.82. The van der Waals surface area contributed by atoms with Crippen molar-refractivity contribution in [1.29, 1.82) is 0 Å². The first kappa shape index (κ1) is 17.0. The summed E-state index contributed by atoms with van der Waals surface area (Å²) in [6, 6.07) is 11.3. The number of pyridine rings is 1. The van der Waals surface area contributed by atoms with Crippen molar-refractivity contribution in [2.24, 2.45) is 4.99 Å². The number of benzene rings is 1. The van der Waals surface area contributed by atoms with Crippen molar-refractivity contribution in [2.45, 2.75) is 26.3 Å². The Balaban J connectivity index is 1.83. The Labute approximate surface area is 147 Å². The zero-order valence-corrected chi connectivity index (χ0v) is 14.5. The second-order valence-corrected chi connectivity index (χ2v) is 6.08. The Morgan fingerprint density at radius 3 is 2.76 bits per heavy atom. The first-order valence-electron chi connectivity index (χ1n) is 8.47. The molecule has 0 saturated carbocycles. The minimum absolute atomic E-state index is 0.118. The van der Waals surface area contributed by atoms with Crippen LogP contribution in [0.5, 0.6) is 11.5 Å². The molecule has 0 spiro atoms. The number of allylic oxidation sites excluding steroid dienone is 1. The van der Waals surface area contributed by atoms with Gasteiger partial charge in [-0.25, -0.2) is 0 Å². The fraction of sp³-hybridized carbons (Fsp3) is 0.300. The standard InChI is InChI=1S/C20H22N2O3/c1-15(2)21-19-6-3-4-11-22(19)20(23)10-8-16-7-9-17-18(14-16)25-13-5-12-24-17/h3-4,6-11,14-15H,5,12-13H2,1-2H3. The number of nitrogens with zero attached hydrogens (tertiary/aromatic N) is 2. The van der Waals surface area contributed by atoms with Crippen LogP contribution in [0.3, 0.4) is 0 Å². The average molecular weight is 338 g/mol. The highest BCUT2D eigenvalue weighted by molar-refractivity contribution is 5.93. The van der Waals surface area contributed by atoms with Crippen LogP contribution in [0.2, 0.25) is 0 Å². The highest BCUT2D eigenvalue weighted by Gasteiger charge is 2.10. The van der Waals surface area contributed by atoms with Crippen molar-refractivity contribution >= 4 is 12.0 Å². The molecule has 3 rings (SSSR count). The van der Waals surface area contributed by atoms with E-state index in [-0.39, 0.29) is 11.9 Å². The topological polar surface area (TPSA) is 52.8 Å². The Morgan fingerprint density at radius 2 is 1.96 bits per heavy atom. The van der Waals surface area contributed by atoms with Gasteiger partial charge in [-0.3, -0.25) is 14.4 Å². The van der Waals surface area contributed by atoms with Gasteiger partial charge in [0.25, 0.3) is 5.91 Å². The highest BCUT2D eigenvalue weighted by Crippen LogP contribution is 2.30. The number of carbonyl (C=O) groups excluding carboxylic acids is 1. The van der Waals surface area contributed by atoms with Crippen molar-refractivity contribution in [2.75, 3.05) is 13.2 Å². The van der Waals surface area contributed by atoms with Crippen LogP contribution in [-0.2, 0) is 0 Å². The molecule has 0 aliphatic carbocycles. The molecule has 2 aromatic rings. The first-order valence-corrected chi connectivity index (χ1v) is 8.47. The molecule has 25 heavy (non-hydrogen) atoms. The zero-order valence-electron chi connectivity index (χ0n) is 14.5. The summed E-state index contributed by atoms with van der Waals surface area (Å²) in [5.74, 6) is 1.32. The van der Waals surface area contributed by atoms with E-state index in [1.54, 1.807) is 22.9 Å². The molecule has 0 amide bonds. The predicted molar refractivity (Wildman–Crippen MR) is 96.8 cm³/mol. The quantitative estimate of drug-likeness (QED) is 0.807. The Kier molecular flexibility index (Phi) is 5.33. The first-order chi connectivity index (χ1) is 12.1. The third-order valence-corrected chi connectivity index (χ3v) is 3.66. The largest absolute Gasteiger partial charge is 0.490 e. The second-order valence-electron chi connectivity index (χ2n) is 6.08. The van der Waals surface area contributed by atoms with Crippen LogP contribution < -0.4 is 15.0 Å². The summed E-state index contributed by atoms with van der Waals surface area (Å²) in [5, 5.41) is 0. The SMILES string of the molecule is CC(C)N=c1ccccn1C(=O)C=Cc1ccc2c(c1)OCCCO2. The van der Waals surface area contributed by atoms with E-state index in [0.29, 0.717) is 18.7 Å². The molecule has 5 heteroatoms. The summed E-state index contributed by atoms with van der Waals surface area (Å²) in [7, 11) is 0. The third kappa shape index (κ3) is 4.38. The van der Waals surface area contributed by atoms with Gasteiger partial charge in [-0.15, -0.1) is 0 Å². The molecule has 0 N–H and O–H groups in total. The minimum Gasteiger partial charge on any atom is -0.490 e. The van der Waals surface area contributed by atoms with E-state index in [0.717, 1.165) is 23.5 Å². The van der Waals surface area contributed by atoms with Crippen molar-refractivity contribution in [3.05, 3.63) is 59.7 Å². The predicted octanol–water partition coefficient (Wildman–Crippen LogP) is 3.31. The van der Waals surface area contributed by atoms with Crippen LogP contribution in [0.15, 0.2) is 53.7 Å². The summed E-state index contributed by atoms with van der Waals surface area (Å²) in [6.45, 7) is 5.26. The number of rotatable bonds is 3. The molecule has 0 atom stereocenters. The van der Waals surface area contributed by atoms with Gasteiger partial charge in [0.2, 0.25) is 0 Å². The van der Waals surface area contributed by atoms with Crippen LogP contribution in [-0.4, -0.2) is 29.7 Å². The Morgan fingerprint density at radius 1 is 1.16 bits per heavy atom. The fourth-order valence-electron chi connectivity index (χ4n) is 2.52. The van der Waals surface area contributed by atoms with Crippen LogP contribution in [0, 0.1) is 0 Å². The van der Waals surface area contributed by atoms with E-state index in [1.807, 2.05) is 50.2 Å². The average Bonchev–Trinajstić information content (AvgIpc) is 2.84. The van der Waals surface area contributed by atoms with Crippen molar-refractivity contribution < 1.29 is 14.3 Å². The monoisotopic (exact) mass is 338 g/mol. The number of hydrogen-bond acceptors (Lipinski definition) is 4. The normalized spacial score (nSPS) is 14.8. The van der Waals surface area contributed by atoms with E-state index in [4.69, 9.17) is 9.47 Å². The van der Waals surface area contributed by atoms with Crippen molar-refractivity contribution in [1.82, 2.24) is 4.57 Å². The summed E-state index contributed by atoms with van der Waals surface area (Å²) in [4.78, 5) is 17.0. The zero-order chi connectivity index (χ0) is 17.6. The maximum Gasteiger partial charge on any atom is 0.256 e. The molecule has 1 aliphatic heterocycles. The molecule has 0 radical (unpaired) electrons. The molecule has 1 aromatic heterocycles. The summed E-state index contributed by atoms with van der Waals surface area (Å²) < 4.78 is 12.8. The van der Waals surface area contributed by atoms with E-state index in [1.165, 1.54) is 0 Å². The molecule has 0 unspecified atom stereocenters. The van der Waals surface area contributed by atoms with Gasteiger partial charge in [0.05, 0.1) is 13.2 Å². The number of aromatic nitrogens is 1. The molecule has 1 aromatic carbocycles. The lowest BCUT2D eigenvalue weighted by atomic mass is 10.2. The lowest BCUT2D eigenvalue weighted by Crippen LogP contribution is -2.26. The second kappa shape index (κ2) is 7.83.